The van der Waals surface area contributed by atoms with Gasteiger partial charge in [0.15, 0.2) is 0 Å². The van der Waals surface area contributed by atoms with Crippen LogP contribution in [0.1, 0.15) is 51.5 Å². The molecule has 2 aliphatic rings. The molecule has 1 aromatic carbocycles. The van der Waals surface area contributed by atoms with E-state index in [0.717, 1.165) is 51.0 Å². The second-order valence-electron chi connectivity index (χ2n) is 6.95. The molecule has 0 radical (unpaired) electrons. The van der Waals surface area contributed by atoms with Crippen molar-refractivity contribution < 1.29 is 0 Å². The summed E-state index contributed by atoms with van der Waals surface area (Å²) >= 11 is 0. The summed E-state index contributed by atoms with van der Waals surface area (Å²) in [5.41, 5.74) is 14.2. The molecule has 3 rings (SSSR count). The Bertz CT molecular complexity index is 656. The van der Waals surface area contributed by atoms with E-state index in [1.54, 1.807) is 0 Å². The van der Waals surface area contributed by atoms with E-state index in [2.05, 4.69) is 52.9 Å². The molecule has 1 fully saturated rings. The molecule has 0 atom stereocenters. The summed E-state index contributed by atoms with van der Waals surface area (Å²) in [6.07, 6.45) is 5.44. The second kappa shape index (κ2) is 7.44. The monoisotopic (exact) mass is 342 g/mol. The van der Waals surface area contributed by atoms with Gasteiger partial charge >= 0.3 is 0 Å². The fourth-order valence-corrected chi connectivity index (χ4v) is 3.99. The predicted molar refractivity (Wildman–Crippen MR) is 105 cm³/mol. The van der Waals surface area contributed by atoms with Gasteiger partial charge in [0, 0.05) is 12.2 Å². The average molecular weight is 342 g/mol. The topological polar surface area (TPSA) is 83.2 Å². The molecule has 0 unspecified atom stereocenters. The van der Waals surface area contributed by atoms with Gasteiger partial charge in [-0.05, 0) is 56.5 Å². The molecule has 1 heterocycles. The van der Waals surface area contributed by atoms with Gasteiger partial charge in [-0.25, -0.2) is 4.99 Å². The van der Waals surface area contributed by atoms with Gasteiger partial charge in [0.05, 0.1) is 0 Å². The first-order valence-corrected chi connectivity index (χ1v) is 9.39. The van der Waals surface area contributed by atoms with E-state index in [1.165, 1.54) is 12.0 Å². The molecule has 0 amide bonds. The third-order valence-electron chi connectivity index (χ3n) is 5.32. The fraction of sp³-hybridized carbons (Fsp3) is 0.579. The second-order valence-corrected chi connectivity index (χ2v) is 6.95. The number of hydrogen-bond donors (Lipinski definition) is 2. The number of guanidine groups is 2. The first-order chi connectivity index (χ1) is 12.1. The standard InChI is InChI=1S/C19H30N6/c1-3-24(4-2)14-15-9-8-10-16(13-15)25-18(21)22-17(20)23-19(25)11-6-5-7-12-19/h8-10,13H,3-7,11-12,14H2,1-2H3,(H4,20,21,22,23). The maximum Gasteiger partial charge on any atom is 0.220 e. The normalized spacial score (nSPS) is 19.9. The summed E-state index contributed by atoms with van der Waals surface area (Å²) in [5.74, 6) is 0.754. The number of benzene rings is 1. The van der Waals surface area contributed by atoms with Crippen molar-refractivity contribution in [2.75, 3.05) is 18.0 Å². The van der Waals surface area contributed by atoms with Gasteiger partial charge < -0.3 is 11.5 Å². The van der Waals surface area contributed by atoms with Crippen LogP contribution in [-0.4, -0.2) is 35.6 Å². The van der Waals surface area contributed by atoms with Crippen LogP contribution in [0.3, 0.4) is 0 Å². The van der Waals surface area contributed by atoms with E-state index in [4.69, 9.17) is 16.5 Å². The van der Waals surface area contributed by atoms with E-state index >= 15 is 0 Å². The SMILES string of the molecule is CCN(CC)Cc1cccc(N2C(N)=NC(N)=NC23CCCCC3)c1. The van der Waals surface area contributed by atoms with Gasteiger partial charge in [0.25, 0.3) is 0 Å². The first-order valence-electron chi connectivity index (χ1n) is 9.39. The Balaban J connectivity index is 1.94. The van der Waals surface area contributed by atoms with Crippen molar-refractivity contribution in [3.63, 3.8) is 0 Å². The Kier molecular flexibility index (Phi) is 5.27. The van der Waals surface area contributed by atoms with Crippen molar-refractivity contribution >= 4 is 17.6 Å². The van der Waals surface area contributed by atoms with E-state index < -0.39 is 0 Å². The van der Waals surface area contributed by atoms with Gasteiger partial charge in [-0.2, -0.15) is 4.99 Å². The highest BCUT2D eigenvalue weighted by atomic mass is 15.4. The highest BCUT2D eigenvalue weighted by molar-refractivity contribution is 6.05. The number of anilines is 1. The summed E-state index contributed by atoms with van der Waals surface area (Å²) in [4.78, 5) is 13.5. The van der Waals surface area contributed by atoms with Gasteiger partial charge in [-0.1, -0.05) is 32.4 Å². The lowest BCUT2D eigenvalue weighted by Crippen LogP contribution is -2.58. The lowest BCUT2D eigenvalue weighted by atomic mass is 9.87. The first kappa shape index (κ1) is 17.7. The minimum Gasteiger partial charge on any atom is -0.369 e. The molecule has 6 heteroatoms. The van der Waals surface area contributed by atoms with Crippen molar-refractivity contribution in [1.82, 2.24) is 4.90 Å². The van der Waals surface area contributed by atoms with Crippen LogP contribution in [0, 0.1) is 0 Å². The third-order valence-corrected chi connectivity index (χ3v) is 5.32. The Hall–Kier alpha value is -2.08. The minimum atomic E-state index is -0.373. The summed E-state index contributed by atoms with van der Waals surface area (Å²) < 4.78 is 0. The summed E-state index contributed by atoms with van der Waals surface area (Å²) in [7, 11) is 0. The largest absolute Gasteiger partial charge is 0.369 e. The van der Waals surface area contributed by atoms with E-state index in [1.807, 2.05) is 0 Å². The number of rotatable bonds is 5. The van der Waals surface area contributed by atoms with Crippen molar-refractivity contribution in [1.29, 1.82) is 0 Å². The van der Waals surface area contributed by atoms with Crippen molar-refractivity contribution in [3.05, 3.63) is 29.8 Å². The highest BCUT2D eigenvalue weighted by Crippen LogP contribution is 2.39. The molecule has 1 spiro atoms. The van der Waals surface area contributed by atoms with Crippen molar-refractivity contribution in [2.45, 2.75) is 58.2 Å². The maximum absolute atomic E-state index is 6.32. The van der Waals surface area contributed by atoms with Gasteiger partial charge in [-0.15, -0.1) is 0 Å². The fourth-order valence-electron chi connectivity index (χ4n) is 3.99. The van der Waals surface area contributed by atoms with Crippen LogP contribution in [0.15, 0.2) is 34.3 Å². The Morgan fingerprint density at radius 1 is 1.12 bits per heavy atom. The van der Waals surface area contributed by atoms with E-state index in [-0.39, 0.29) is 5.66 Å². The Labute approximate surface area is 150 Å². The van der Waals surface area contributed by atoms with E-state index in [9.17, 15) is 0 Å². The quantitative estimate of drug-likeness (QED) is 0.861. The van der Waals surface area contributed by atoms with Crippen LogP contribution in [0.25, 0.3) is 0 Å². The Morgan fingerprint density at radius 2 is 1.84 bits per heavy atom. The highest BCUT2D eigenvalue weighted by Gasteiger charge is 2.42. The summed E-state index contributed by atoms with van der Waals surface area (Å²) in [5, 5.41) is 0. The Morgan fingerprint density at radius 3 is 2.52 bits per heavy atom. The molecular weight excluding hydrogens is 312 g/mol. The van der Waals surface area contributed by atoms with Crippen LogP contribution in [0.4, 0.5) is 5.69 Å². The molecule has 6 nitrogen and oxygen atoms in total. The zero-order valence-corrected chi connectivity index (χ0v) is 15.4. The van der Waals surface area contributed by atoms with Crippen LogP contribution in [0.5, 0.6) is 0 Å². The van der Waals surface area contributed by atoms with Gasteiger partial charge in [0.2, 0.25) is 11.9 Å². The summed E-state index contributed by atoms with van der Waals surface area (Å²) in [6, 6.07) is 8.58. The molecule has 25 heavy (non-hydrogen) atoms. The molecule has 136 valence electrons. The molecule has 0 saturated heterocycles. The molecule has 0 bridgehead atoms. The minimum absolute atomic E-state index is 0.301. The van der Waals surface area contributed by atoms with Crippen molar-refractivity contribution in [2.24, 2.45) is 21.5 Å². The zero-order valence-electron chi connectivity index (χ0n) is 15.4. The van der Waals surface area contributed by atoms with E-state index in [0.29, 0.717) is 11.9 Å². The number of hydrogen-bond acceptors (Lipinski definition) is 6. The lowest BCUT2D eigenvalue weighted by Gasteiger charge is -2.45. The molecular formula is C19H30N6. The van der Waals surface area contributed by atoms with Crippen LogP contribution >= 0.6 is 0 Å². The average Bonchev–Trinajstić information content (AvgIpc) is 2.60. The maximum atomic E-state index is 6.32. The van der Waals surface area contributed by atoms with Crippen LogP contribution < -0.4 is 16.4 Å². The van der Waals surface area contributed by atoms with Gasteiger partial charge in [-0.3, -0.25) is 9.80 Å². The lowest BCUT2D eigenvalue weighted by molar-refractivity contribution is 0.295. The third kappa shape index (κ3) is 3.63. The molecule has 0 aromatic heterocycles. The predicted octanol–water partition coefficient (Wildman–Crippen LogP) is 2.64. The number of aliphatic imine (C=N–C) groups is 2. The molecule has 1 saturated carbocycles. The number of nitrogens with zero attached hydrogens (tertiary/aromatic N) is 4. The summed E-state index contributed by atoms with van der Waals surface area (Å²) in [6.45, 7) is 7.40. The van der Waals surface area contributed by atoms with Crippen LogP contribution in [0.2, 0.25) is 0 Å². The molecule has 1 aromatic rings. The smallest absolute Gasteiger partial charge is 0.220 e. The van der Waals surface area contributed by atoms with Gasteiger partial charge in [0.1, 0.15) is 5.66 Å². The molecule has 4 N–H and O–H groups in total. The number of nitrogens with two attached hydrogens (primary N) is 2. The zero-order chi connectivity index (χ0) is 17.9. The molecule has 1 aliphatic heterocycles. The molecule has 1 aliphatic carbocycles. The van der Waals surface area contributed by atoms with Crippen molar-refractivity contribution in [3.8, 4) is 0 Å². The van der Waals surface area contributed by atoms with Crippen LogP contribution in [-0.2, 0) is 6.54 Å².